The number of carbonyl (C=O) groups is 3. The molecule has 0 aromatic heterocycles. The van der Waals surface area contributed by atoms with E-state index in [9.17, 15) is 14.4 Å². The molecule has 0 saturated carbocycles. The molecule has 7 nitrogen and oxygen atoms in total. The Labute approximate surface area is 173 Å². The third kappa shape index (κ3) is 5.30. The molecular formula is C23H18N4O3. The van der Waals surface area contributed by atoms with Crippen molar-refractivity contribution in [1.82, 2.24) is 0 Å². The average molecular weight is 398 g/mol. The highest BCUT2D eigenvalue weighted by atomic mass is 16.2. The fraction of sp³-hybridized carbons (Fsp3) is 0.0435. The maximum Gasteiger partial charge on any atom is 0.255 e. The van der Waals surface area contributed by atoms with E-state index in [4.69, 9.17) is 5.26 Å². The van der Waals surface area contributed by atoms with Crippen molar-refractivity contribution in [3.05, 3.63) is 89.5 Å². The molecule has 0 aliphatic carbocycles. The first kappa shape index (κ1) is 20.3. The molecule has 0 bridgehead atoms. The van der Waals surface area contributed by atoms with Crippen LogP contribution in [0.4, 0.5) is 17.1 Å². The Morgan fingerprint density at radius 2 is 1.17 bits per heavy atom. The van der Waals surface area contributed by atoms with Gasteiger partial charge in [-0.15, -0.1) is 0 Å². The molecular weight excluding hydrogens is 380 g/mol. The fourth-order valence-corrected chi connectivity index (χ4v) is 2.72. The Bertz CT molecular complexity index is 1150. The Kier molecular flexibility index (Phi) is 6.20. The van der Waals surface area contributed by atoms with E-state index in [1.807, 2.05) is 6.07 Å². The zero-order valence-corrected chi connectivity index (χ0v) is 16.1. The summed E-state index contributed by atoms with van der Waals surface area (Å²) in [7, 11) is 0. The summed E-state index contributed by atoms with van der Waals surface area (Å²) < 4.78 is 0. The minimum atomic E-state index is -0.347. The summed E-state index contributed by atoms with van der Waals surface area (Å²) >= 11 is 0. The molecule has 30 heavy (non-hydrogen) atoms. The smallest absolute Gasteiger partial charge is 0.255 e. The van der Waals surface area contributed by atoms with Crippen molar-refractivity contribution in [3.63, 3.8) is 0 Å². The lowest BCUT2D eigenvalue weighted by Crippen LogP contribution is -2.14. The lowest BCUT2D eigenvalue weighted by Gasteiger charge is -2.09. The molecule has 0 saturated heterocycles. The third-order valence-corrected chi connectivity index (χ3v) is 4.10. The molecule has 0 atom stereocenters. The van der Waals surface area contributed by atoms with Crippen molar-refractivity contribution in [2.75, 3.05) is 16.0 Å². The van der Waals surface area contributed by atoms with E-state index in [1.54, 1.807) is 72.8 Å². The van der Waals surface area contributed by atoms with Gasteiger partial charge in [-0.3, -0.25) is 14.4 Å². The van der Waals surface area contributed by atoms with Crippen LogP contribution in [-0.4, -0.2) is 17.7 Å². The van der Waals surface area contributed by atoms with Crippen LogP contribution in [0.2, 0.25) is 0 Å². The Morgan fingerprint density at radius 1 is 0.700 bits per heavy atom. The first-order chi connectivity index (χ1) is 14.4. The van der Waals surface area contributed by atoms with Gasteiger partial charge in [0.1, 0.15) is 0 Å². The van der Waals surface area contributed by atoms with Gasteiger partial charge < -0.3 is 16.0 Å². The second kappa shape index (κ2) is 9.17. The molecule has 0 aliphatic rings. The maximum absolute atomic E-state index is 12.5. The van der Waals surface area contributed by atoms with Crippen LogP contribution in [0, 0.1) is 11.3 Å². The van der Waals surface area contributed by atoms with Crippen LogP contribution in [0.5, 0.6) is 0 Å². The molecule has 0 unspecified atom stereocenters. The van der Waals surface area contributed by atoms with Crippen LogP contribution in [0.1, 0.15) is 33.2 Å². The van der Waals surface area contributed by atoms with Crippen LogP contribution < -0.4 is 16.0 Å². The number of carbonyl (C=O) groups excluding carboxylic acids is 3. The van der Waals surface area contributed by atoms with Crippen molar-refractivity contribution < 1.29 is 14.4 Å². The van der Waals surface area contributed by atoms with Gasteiger partial charge in [0, 0.05) is 35.1 Å². The van der Waals surface area contributed by atoms with Gasteiger partial charge in [-0.2, -0.15) is 5.26 Å². The van der Waals surface area contributed by atoms with Gasteiger partial charge in [-0.1, -0.05) is 12.1 Å². The van der Waals surface area contributed by atoms with Gasteiger partial charge in [0.15, 0.2) is 0 Å². The quantitative estimate of drug-likeness (QED) is 0.603. The number of amides is 3. The highest BCUT2D eigenvalue weighted by molar-refractivity contribution is 6.07. The second-order valence-electron chi connectivity index (χ2n) is 6.44. The predicted molar refractivity (Wildman–Crippen MR) is 114 cm³/mol. The van der Waals surface area contributed by atoms with Crippen LogP contribution in [0.3, 0.4) is 0 Å². The van der Waals surface area contributed by atoms with Crippen LogP contribution in [0.25, 0.3) is 0 Å². The average Bonchev–Trinajstić information content (AvgIpc) is 2.73. The topological polar surface area (TPSA) is 111 Å². The highest BCUT2D eigenvalue weighted by Gasteiger charge is 2.10. The number of nitrogens with zero attached hydrogens (tertiary/aromatic N) is 1. The number of benzene rings is 3. The molecule has 3 aromatic carbocycles. The van der Waals surface area contributed by atoms with E-state index in [0.29, 0.717) is 33.8 Å². The van der Waals surface area contributed by atoms with E-state index in [1.165, 1.54) is 6.92 Å². The third-order valence-electron chi connectivity index (χ3n) is 4.10. The Morgan fingerprint density at radius 3 is 1.67 bits per heavy atom. The molecule has 148 valence electrons. The highest BCUT2D eigenvalue weighted by Crippen LogP contribution is 2.17. The number of nitriles is 1. The van der Waals surface area contributed by atoms with Crippen molar-refractivity contribution >= 4 is 34.8 Å². The molecule has 0 radical (unpaired) electrons. The summed E-state index contributed by atoms with van der Waals surface area (Å²) in [4.78, 5) is 36.0. The van der Waals surface area contributed by atoms with Crippen LogP contribution >= 0.6 is 0 Å². The van der Waals surface area contributed by atoms with Crippen molar-refractivity contribution in [2.24, 2.45) is 0 Å². The summed E-state index contributed by atoms with van der Waals surface area (Å²) in [6.45, 7) is 1.41. The van der Waals surface area contributed by atoms with Crippen molar-refractivity contribution in [2.45, 2.75) is 6.92 Å². The fourth-order valence-electron chi connectivity index (χ4n) is 2.72. The summed E-state index contributed by atoms with van der Waals surface area (Å²) in [5.74, 6) is -0.893. The van der Waals surface area contributed by atoms with E-state index < -0.39 is 0 Å². The zero-order chi connectivity index (χ0) is 21.5. The van der Waals surface area contributed by atoms with Gasteiger partial charge >= 0.3 is 0 Å². The number of hydrogen-bond acceptors (Lipinski definition) is 4. The SMILES string of the molecule is CC(=O)Nc1cccc(NC(=O)c2ccc(C(=O)Nc3cccc(C#N)c3)cc2)c1. The minimum Gasteiger partial charge on any atom is -0.326 e. The van der Waals surface area contributed by atoms with Gasteiger partial charge in [0.25, 0.3) is 11.8 Å². The molecule has 3 N–H and O–H groups in total. The standard InChI is InChI=1S/C23H18N4O3/c1-15(28)25-20-6-3-7-21(13-20)27-23(30)18-10-8-17(9-11-18)22(29)26-19-5-2-4-16(12-19)14-24/h2-13H,1H3,(H,25,28)(H,26,29)(H,27,30). The van der Waals surface area contributed by atoms with Gasteiger partial charge in [-0.25, -0.2) is 0 Å². The summed E-state index contributed by atoms with van der Waals surface area (Å²) in [5.41, 5.74) is 2.82. The molecule has 3 rings (SSSR count). The molecule has 7 heteroatoms. The zero-order valence-electron chi connectivity index (χ0n) is 16.1. The molecule has 0 aliphatic heterocycles. The van der Waals surface area contributed by atoms with Gasteiger partial charge in [0.05, 0.1) is 11.6 Å². The van der Waals surface area contributed by atoms with E-state index in [2.05, 4.69) is 16.0 Å². The Hall–Kier alpha value is -4.44. The van der Waals surface area contributed by atoms with Crippen LogP contribution in [0.15, 0.2) is 72.8 Å². The minimum absolute atomic E-state index is 0.202. The Balaban J connectivity index is 1.66. The molecule has 0 spiro atoms. The van der Waals surface area contributed by atoms with Crippen molar-refractivity contribution in [3.8, 4) is 6.07 Å². The molecule has 0 heterocycles. The molecule has 3 amide bonds. The van der Waals surface area contributed by atoms with Gasteiger partial charge in [-0.05, 0) is 60.7 Å². The predicted octanol–water partition coefficient (Wildman–Crippen LogP) is 4.02. The summed E-state index contributed by atoms with van der Waals surface area (Å²) in [6, 6.07) is 21.6. The number of nitrogens with one attached hydrogen (secondary N) is 3. The first-order valence-electron chi connectivity index (χ1n) is 9.05. The lowest BCUT2D eigenvalue weighted by atomic mass is 10.1. The number of rotatable bonds is 5. The van der Waals surface area contributed by atoms with E-state index in [-0.39, 0.29) is 17.7 Å². The second-order valence-corrected chi connectivity index (χ2v) is 6.44. The van der Waals surface area contributed by atoms with E-state index in [0.717, 1.165) is 0 Å². The normalized spacial score (nSPS) is 9.87. The monoisotopic (exact) mass is 398 g/mol. The largest absolute Gasteiger partial charge is 0.326 e. The maximum atomic E-state index is 12.5. The van der Waals surface area contributed by atoms with Gasteiger partial charge in [0.2, 0.25) is 5.91 Å². The number of anilines is 3. The van der Waals surface area contributed by atoms with E-state index >= 15 is 0 Å². The molecule has 0 fully saturated rings. The molecule has 3 aromatic rings. The lowest BCUT2D eigenvalue weighted by molar-refractivity contribution is -0.114. The summed E-state index contributed by atoms with van der Waals surface area (Å²) in [5, 5.41) is 17.1. The summed E-state index contributed by atoms with van der Waals surface area (Å²) in [6.07, 6.45) is 0. The van der Waals surface area contributed by atoms with Crippen LogP contribution in [-0.2, 0) is 4.79 Å². The van der Waals surface area contributed by atoms with Crippen molar-refractivity contribution in [1.29, 1.82) is 5.26 Å². The number of hydrogen-bond donors (Lipinski definition) is 3. The first-order valence-corrected chi connectivity index (χ1v) is 9.05.